The lowest BCUT2D eigenvalue weighted by molar-refractivity contribution is -0.114. The molecular formula is C17H23NO4. The van der Waals surface area contributed by atoms with Crippen LogP contribution in [0.3, 0.4) is 0 Å². The van der Waals surface area contributed by atoms with E-state index < -0.39 is 17.7 Å². The van der Waals surface area contributed by atoms with Crippen LogP contribution < -0.4 is 4.74 Å². The Morgan fingerprint density at radius 2 is 2.09 bits per heavy atom. The summed E-state index contributed by atoms with van der Waals surface area (Å²) in [5.74, 6) is 0.772. The fourth-order valence-electron chi connectivity index (χ4n) is 2.55. The fraction of sp³-hybridized carbons (Fsp3) is 0.529. The summed E-state index contributed by atoms with van der Waals surface area (Å²) in [5.41, 5.74) is 0.470. The number of aldehydes is 1. The highest BCUT2D eigenvalue weighted by Crippen LogP contribution is 2.29. The average Bonchev–Trinajstić information content (AvgIpc) is 2.46. The third kappa shape index (κ3) is 3.78. The smallest absolute Gasteiger partial charge is 0.410 e. The molecule has 2 rings (SSSR count). The molecular weight excluding hydrogens is 282 g/mol. The Labute approximate surface area is 131 Å². The molecule has 0 saturated heterocycles. The zero-order valence-electron chi connectivity index (χ0n) is 13.5. The number of hydrogen-bond donors (Lipinski definition) is 0. The highest BCUT2D eigenvalue weighted by Gasteiger charge is 2.33. The average molecular weight is 305 g/mol. The second kappa shape index (κ2) is 6.38. The standard InChI is InChI=1S/C17H23NO4/c1-17(2,3)22-16(20)18(4)14(10-19)13-9-12-7-5-6-8-15(12)21-11-13/h5-8,10,13-14H,9,11H2,1-4H3. The van der Waals surface area contributed by atoms with Crippen LogP contribution in [-0.2, 0) is 16.0 Å². The lowest BCUT2D eigenvalue weighted by Crippen LogP contribution is -2.48. The molecule has 22 heavy (non-hydrogen) atoms. The molecule has 120 valence electrons. The summed E-state index contributed by atoms with van der Waals surface area (Å²) in [6.45, 7) is 5.81. The molecule has 0 aliphatic carbocycles. The number of nitrogens with zero attached hydrogens (tertiary/aromatic N) is 1. The van der Waals surface area contributed by atoms with E-state index in [9.17, 15) is 9.59 Å². The van der Waals surface area contributed by atoms with Gasteiger partial charge in [-0.1, -0.05) is 18.2 Å². The second-order valence-corrected chi connectivity index (χ2v) is 6.60. The van der Waals surface area contributed by atoms with Crippen LogP contribution in [0.4, 0.5) is 4.79 Å². The van der Waals surface area contributed by atoms with E-state index >= 15 is 0 Å². The molecule has 1 aromatic rings. The minimum atomic E-state index is -0.589. The van der Waals surface area contributed by atoms with Crippen LogP contribution in [-0.4, -0.2) is 42.6 Å². The molecule has 5 nitrogen and oxygen atoms in total. The molecule has 5 heteroatoms. The quantitative estimate of drug-likeness (QED) is 0.806. The molecule has 2 unspecified atom stereocenters. The van der Waals surface area contributed by atoms with Gasteiger partial charge in [-0.3, -0.25) is 0 Å². The van der Waals surface area contributed by atoms with Gasteiger partial charge in [-0.2, -0.15) is 0 Å². The molecule has 1 aliphatic rings. The van der Waals surface area contributed by atoms with Gasteiger partial charge in [-0.05, 0) is 38.8 Å². The van der Waals surface area contributed by atoms with Crippen LogP contribution in [0.15, 0.2) is 24.3 Å². The monoisotopic (exact) mass is 305 g/mol. The normalized spacial score (nSPS) is 18.6. The Morgan fingerprint density at radius 3 is 2.73 bits per heavy atom. The van der Waals surface area contributed by atoms with Crippen molar-refractivity contribution in [2.75, 3.05) is 13.7 Å². The van der Waals surface area contributed by atoms with Gasteiger partial charge < -0.3 is 19.2 Å². The van der Waals surface area contributed by atoms with Crippen LogP contribution in [0.1, 0.15) is 26.3 Å². The highest BCUT2D eigenvalue weighted by molar-refractivity contribution is 5.73. The number of likely N-dealkylation sites (N-methyl/N-ethyl adjacent to an activating group) is 1. The molecule has 0 radical (unpaired) electrons. The summed E-state index contributed by atoms with van der Waals surface area (Å²) in [6.07, 6.45) is 1.00. The van der Waals surface area contributed by atoms with Crippen molar-refractivity contribution in [3.63, 3.8) is 0 Å². The SMILES string of the molecule is CN(C(=O)OC(C)(C)C)C(C=O)C1COc2ccccc2C1. The van der Waals surface area contributed by atoms with E-state index in [-0.39, 0.29) is 5.92 Å². The fourth-order valence-corrected chi connectivity index (χ4v) is 2.55. The lowest BCUT2D eigenvalue weighted by atomic mass is 9.90. The van der Waals surface area contributed by atoms with E-state index in [2.05, 4.69) is 0 Å². The van der Waals surface area contributed by atoms with Crippen molar-refractivity contribution in [2.24, 2.45) is 5.92 Å². The van der Waals surface area contributed by atoms with Crippen molar-refractivity contribution in [1.29, 1.82) is 0 Å². The molecule has 1 amide bonds. The largest absolute Gasteiger partial charge is 0.493 e. The summed E-state index contributed by atoms with van der Waals surface area (Å²) in [6, 6.07) is 7.19. The van der Waals surface area contributed by atoms with E-state index in [1.807, 2.05) is 24.3 Å². The van der Waals surface area contributed by atoms with Crippen molar-refractivity contribution >= 4 is 12.4 Å². The van der Waals surface area contributed by atoms with Gasteiger partial charge in [0.15, 0.2) is 0 Å². The molecule has 0 saturated carbocycles. The summed E-state index contributed by atoms with van der Waals surface area (Å²) in [4.78, 5) is 25.0. The summed E-state index contributed by atoms with van der Waals surface area (Å²) < 4.78 is 11.0. The number of ether oxygens (including phenoxy) is 2. The number of fused-ring (bicyclic) bond motifs is 1. The van der Waals surface area contributed by atoms with E-state index in [1.54, 1.807) is 27.8 Å². The number of carbonyl (C=O) groups excluding carboxylic acids is 2. The second-order valence-electron chi connectivity index (χ2n) is 6.60. The van der Waals surface area contributed by atoms with Gasteiger partial charge in [0.2, 0.25) is 0 Å². The van der Waals surface area contributed by atoms with Crippen LogP contribution in [0.25, 0.3) is 0 Å². The third-order valence-corrected chi connectivity index (χ3v) is 3.66. The Hall–Kier alpha value is -2.04. The van der Waals surface area contributed by atoms with Crippen molar-refractivity contribution in [1.82, 2.24) is 4.90 Å². The van der Waals surface area contributed by atoms with Gasteiger partial charge in [0.05, 0.1) is 12.6 Å². The Kier molecular flexibility index (Phi) is 4.74. The van der Waals surface area contributed by atoms with Gasteiger partial charge in [-0.25, -0.2) is 4.79 Å². The minimum Gasteiger partial charge on any atom is -0.493 e. The molecule has 1 aromatic carbocycles. The van der Waals surface area contributed by atoms with E-state index in [0.29, 0.717) is 13.0 Å². The summed E-state index contributed by atoms with van der Waals surface area (Å²) in [5, 5.41) is 0. The van der Waals surface area contributed by atoms with Crippen LogP contribution in [0.2, 0.25) is 0 Å². The van der Waals surface area contributed by atoms with Gasteiger partial charge in [-0.15, -0.1) is 0 Å². The molecule has 0 fully saturated rings. The first kappa shape index (κ1) is 16.3. The van der Waals surface area contributed by atoms with Gasteiger partial charge >= 0.3 is 6.09 Å². The molecule has 1 aliphatic heterocycles. The van der Waals surface area contributed by atoms with Gasteiger partial charge in [0.25, 0.3) is 0 Å². The summed E-state index contributed by atoms with van der Waals surface area (Å²) in [7, 11) is 1.59. The Morgan fingerprint density at radius 1 is 1.41 bits per heavy atom. The Balaban J connectivity index is 2.09. The lowest BCUT2D eigenvalue weighted by Gasteiger charge is -2.34. The maximum absolute atomic E-state index is 12.2. The topological polar surface area (TPSA) is 55.8 Å². The van der Waals surface area contributed by atoms with Crippen LogP contribution >= 0.6 is 0 Å². The maximum atomic E-state index is 12.2. The number of amides is 1. The Bertz CT molecular complexity index is 550. The number of hydrogen-bond acceptors (Lipinski definition) is 4. The number of benzene rings is 1. The first-order chi connectivity index (χ1) is 10.3. The molecule has 2 atom stereocenters. The van der Waals surface area contributed by atoms with Crippen molar-refractivity contribution in [3.05, 3.63) is 29.8 Å². The van der Waals surface area contributed by atoms with Gasteiger partial charge in [0, 0.05) is 13.0 Å². The van der Waals surface area contributed by atoms with E-state index in [0.717, 1.165) is 17.6 Å². The predicted molar refractivity (Wildman–Crippen MR) is 83.0 cm³/mol. The predicted octanol–water partition coefficient (Wildman–Crippen LogP) is 2.67. The van der Waals surface area contributed by atoms with Gasteiger partial charge in [0.1, 0.15) is 17.6 Å². The number of para-hydroxylation sites is 1. The third-order valence-electron chi connectivity index (χ3n) is 3.66. The van der Waals surface area contributed by atoms with Crippen LogP contribution in [0.5, 0.6) is 5.75 Å². The molecule has 0 spiro atoms. The van der Waals surface area contributed by atoms with Crippen molar-refractivity contribution < 1.29 is 19.1 Å². The summed E-state index contributed by atoms with van der Waals surface area (Å²) >= 11 is 0. The van der Waals surface area contributed by atoms with Crippen molar-refractivity contribution in [2.45, 2.75) is 38.8 Å². The van der Waals surface area contributed by atoms with E-state index in [1.165, 1.54) is 4.90 Å². The highest BCUT2D eigenvalue weighted by atomic mass is 16.6. The molecule has 1 heterocycles. The number of rotatable bonds is 3. The van der Waals surface area contributed by atoms with E-state index in [4.69, 9.17) is 9.47 Å². The molecule has 0 aromatic heterocycles. The zero-order valence-corrected chi connectivity index (χ0v) is 13.5. The maximum Gasteiger partial charge on any atom is 0.410 e. The van der Waals surface area contributed by atoms with Crippen LogP contribution in [0, 0.1) is 5.92 Å². The molecule has 0 N–H and O–H groups in total. The zero-order chi connectivity index (χ0) is 16.3. The van der Waals surface area contributed by atoms with Crippen molar-refractivity contribution in [3.8, 4) is 5.75 Å². The molecule has 0 bridgehead atoms. The first-order valence-corrected chi connectivity index (χ1v) is 7.43. The number of carbonyl (C=O) groups is 2. The minimum absolute atomic E-state index is 0.0788. The first-order valence-electron chi connectivity index (χ1n) is 7.43.